The lowest BCUT2D eigenvalue weighted by atomic mass is 10.1. The highest BCUT2D eigenvalue weighted by Gasteiger charge is 2.18. The Kier molecular flexibility index (Phi) is 7.47. The number of methoxy groups -OCH3 is 5. The normalized spacial score (nSPS) is 10.4. The van der Waals surface area contributed by atoms with Gasteiger partial charge in [0, 0.05) is 18.2 Å². The highest BCUT2D eigenvalue weighted by Crippen LogP contribution is 2.34. The molecule has 154 valence electrons. The third-order valence-electron chi connectivity index (χ3n) is 4.02. The van der Waals surface area contributed by atoms with Crippen molar-refractivity contribution in [2.75, 3.05) is 40.9 Å². The number of amides is 1. The average molecular weight is 401 g/mol. The fourth-order valence-corrected chi connectivity index (χ4v) is 2.56. The van der Waals surface area contributed by atoms with Crippen LogP contribution in [0.15, 0.2) is 36.4 Å². The van der Waals surface area contributed by atoms with Gasteiger partial charge < -0.3 is 29.0 Å². The van der Waals surface area contributed by atoms with Gasteiger partial charge in [-0.25, -0.2) is 4.79 Å². The highest BCUT2D eigenvalue weighted by molar-refractivity contribution is 6.07. The van der Waals surface area contributed by atoms with Gasteiger partial charge in [-0.3, -0.25) is 4.79 Å². The maximum absolute atomic E-state index is 12.4. The van der Waals surface area contributed by atoms with Gasteiger partial charge in [-0.15, -0.1) is 0 Å². The van der Waals surface area contributed by atoms with Crippen molar-refractivity contribution in [2.24, 2.45) is 0 Å². The lowest BCUT2D eigenvalue weighted by Gasteiger charge is -2.14. The third-order valence-corrected chi connectivity index (χ3v) is 4.02. The van der Waals surface area contributed by atoms with E-state index >= 15 is 0 Å². The first-order chi connectivity index (χ1) is 14.0. The zero-order valence-electron chi connectivity index (χ0n) is 16.9. The molecule has 0 aliphatic carbocycles. The maximum atomic E-state index is 12.4. The van der Waals surface area contributed by atoms with Crippen LogP contribution in [0.3, 0.4) is 0 Å². The molecule has 0 aliphatic rings. The number of nitrogens with one attached hydrogen (secondary N) is 1. The Balaban J connectivity index is 2.27. The van der Waals surface area contributed by atoms with E-state index in [9.17, 15) is 9.59 Å². The van der Waals surface area contributed by atoms with E-state index in [1.54, 1.807) is 31.4 Å². The monoisotopic (exact) mass is 401 g/mol. The number of rotatable bonds is 8. The zero-order valence-corrected chi connectivity index (χ0v) is 16.9. The van der Waals surface area contributed by atoms with E-state index in [1.165, 1.54) is 46.6 Å². The second kappa shape index (κ2) is 10.0. The number of carbonyl (C=O) groups is 2. The first kappa shape index (κ1) is 21.6. The maximum Gasteiger partial charge on any atom is 0.340 e. The molecule has 0 radical (unpaired) electrons. The standard InChI is InChI=1S/C21H23NO7/c1-25-16-8-6-13(10-17(16)26-2)7-9-20(23)22-15-12-19(28-4)18(27-3)11-14(15)21(24)29-5/h6-12H,1-5H3,(H,22,23)/b9-7+. The molecule has 0 aliphatic heterocycles. The molecule has 0 bridgehead atoms. The van der Waals surface area contributed by atoms with E-state index in [1.807, 2.05) is 0 Å². The van der Waals surface area contributed by atoms with Crippen LogP contribution in [-0.2, 0) is 9.53 Å². The number of carbonyl (C=O) groups excluding carboxylic acids is 2. The SMILES string of the molecule is COC(=O)c1cc(OC)c(OC)cc1NC(=O)/C=C/c1ccc(OC)c(OC)c1. The number of ether oxygens (including phenoxy) is 5. The summed E-state index contributed by atoms with van der Waals surface area (Å²) in [6, 6.07) is 8.19. The van der Waals surface area contributed by atoms with Gasteiger partial charge >= 0.3 is 5.97 Å². The van der Waals surface area contributed by atoms with Crippen LogP contribution in [0, 0.1) is 0 Å². The van der Waals surface area contributed by atoms with Gasteiger partial charge in [0.2, 0.25) is 5.91 Å². The predicted octanol–water partition coefficient (Wildman–Crippen LogP) is 3.16. The quantitative estimate of drug-likeness (QED) is 0.536. The van der Waals surface area contributed by atoms with Crippen LogP contribution in [0.2, 0.25) is 0 Å². The molecule has 2 rings (SSSR count). The molecule has 0 saturated heterocycles. The van der Waals surface area contributed by atoms with Gasteiger partial charge in [0.05, 0.1) is 46.8 Å². The molecular weight excluding hydrogens is 378 g/mol. The lowest BCUT2D eigenvalue weighted by molar-refractivity contribution is -0.111. The molecule has 29 heavy (non-hydrogen) atoms. The molecule has 8 heteroatoms. The highest BCUT2D eigenvalue weighted by atomic mass is 16.5. The Labute approximate surface area is 169 Å². The molecule has 1 N–H and O–H groups in total. The van der Waals surface area contributed by atoms with Gasteiger partial charge in [0.25, 0.3) is 0 Å². The first-order valence-electron chi connectivity index (χ1n) is 8.52. The molecule has 0 aromatic heterocycles. The van der Waals surface area contributed by atoms with Gasteiger partial charge in [-0.1, -0.05) is 6.07 Å². The minimum absolute atomic E-state index is 0.137. The number of esters is 1. The van der Waals surface area contributed by atoms with Crippen LogP contribution in [0.1, 0.15) is 15.9 Å². The first-order valence-corrected chi connectivity index (χ1v) is 8.52. The molecule has 1 amide bonds. The van der Waals surface area contributed by atoms with Crippen LogP contribution >= 0.6 is 0 Å². The fraction of sp³-hybridized carbons (Fsp3) is 0.238. The van der Waals surface area contributed by atoms with Crippen LogP contribution in [0.25, 0.3) is 6.08 Å². The van der Waals surface area contributed by atoms with E-state index in [4.69, 9.17) is 23.7 Å². The molecular formula is C21H23NO7. The molecule has 0 unspecified atom stereocenters. The van der Waals surface area contributed by atoms with Crippen LogP contribution < -0.4 is 24.3 Å². The van der Waals surface area contributed by atoms with Crippen molar-refractivity contribution >= 4 is 23.6 Å². The largest absolute Gasteiger partial charge is 0.493 e. The van der Waals surface area contributed by atoms with E-state index in [-0.39, 0.29) is 11.3 Å². The Morgan fingerprint density at radius 1 is 0.793 bits per heavy atom. The molecule has 2 aromatic rings. The number of benzene rings is 2. The minimum atomic E-state index is -0.620. The van der Waals surface area contributed by atoms with Crippen molar-refractivity contribution in [3.8, 4) is 23.0 Å². The van der Waals surface area contributed by atoms with E-state index in [0.717, 1.165) is 5.56 Å². The van der Waals surface area contributed by atoms with Gasteiger partial charge in [-0.05, 0) is 23.8 Å². The summed E-state index contributed by atoms with van der Waals surface area (Å²) in [5.41, 5.74) is 1.10. The number of hydrogen-bond donors (Lipinski definition) is 1. The van der Waals surface area contributed by atoms with Crippen LogP contribution in [0.5, 0.6) is 23.0 Å². The summed E-state index contributed by atoms with van der Waals surface area (Å²) in [5, 5.41) is 2.66. The summed E-state index contributed by atoms with van der Waals surface area (Å²) in [5.74, 6) is 0.762. The summed E-state index contributed by atoms with van der Waals surface area (Å²) < 4.78 is 25.6. The Morgan fingerprint density at radius 2 is 1.38 bits per heavy atom. The van der Waals surface area contributed by atoms with Crippen LogP contribution in [0.4, 0.5) is 5.69 Å². The van der Waals surface area contributed by atoms with Gasteiger partial charge in [0.15, 0.2) is 23.0 Å². The third kappa shape index (κ3) is 5.19. The number of hydrogen-bond acceptors (Lipinski definition) is 7. The summed E-state index contributed by atoms with van der Waals surface area (Å²) in [7, 11) is 7.23. The molecule has 0 heterocycles. The second-order valence-corrected chi connectivity index (χ2v) is 5.68. The molecule has 0 saturated carbocycles. The summed E-state index contributed by atoms with van der Waals surface area (Å²) in [6.45, 7) is 0. The van der Waals surface area contributed by atoms with Crippen molar-refractivity contribution < 1.29 is 33.3 Å². The predicted molar refractivity (Wildman–Crippen MR) is 108 cm³/mol. The summed E-state index contributed by atoms with van der Waals surface area (Å²) in [4.78, 5) is 24.5. The van der Waals surface area contributed by atoms with E-state index in [2.05, 4.69) is 5.32 Å². The van der Waals surface area contributed by atoms with Crippen molar-refractivity contribution in [2.45, 2.75) is 0 Å². The van der Waals surface area contributed by atoms with E-state index < -0.39 is 11.9 Å². The molecule has 0 fully saturated rings. The second-order valence-electron chi connectivity index (χ2n) is 5.68. The van der Waals surface area contributed by atoms with E-state index in [0.29, 0.717) is 23.0 Å². The lowest BCUT2D eigenvalue weighted by Crippen LogP contribution is -2.13. The molecule has 0 atom stereocenters. The number of anilines is 1. The average Bonchev–Trinajstić information content (AvgIpc) is 2.76. The van der Waals surface area contributed by atoms with Gasteiger partial charge in [-0.2, -0.15) is 0 Å². The Hall–Kier alpha value is -3.68. The Morgan fingerprint density at radius 3 is 1.97 bits per heavy atom. The molecule has 8 nitrogen and oxygen atoms in total. The minimum Gasteiger partial charge on any atom is -0.493 e. The topological polar surface area (TPSA) is 92.3 Å². The van der Waals surface area contributed by atoms with Gasteiger partial charge in [0.1, 0.15) is 0 Å². The summed E-state index contributed by atoms with van der Waals surface area (Å²) in [6.07, 6.45) is 2.94. The molecule has 0 spiro atoms. The van der Waals surface area contributed by atoms with Crippen molar-refractivity contribution in [1.82, 2.24) is 0 Å². The zero-order chi connectivity index (χ0) is 21.4. The smallest absolute Gasteiger partial charge is 0.340 e. The molecule has 2 aromatic carbocycles. The fourth-order valence-electron chi connectivity index (χ4n) is 2.56. The van der Waals surface area contributed by atoms with Crippen molar-refractivity contribution in [1.29, 1.82) is 0 Å². The van der Waals surface area contributed by atoms with Crippen LogP contribution in [-0.4, -0.2) is 47.4 Å². The van der Waals surface area contributed by atoms with Crippen molar-refractivity contribution in [3.63, 3.8) is 0 Å². The van der Waals surface area contributed by atoms with Crippen molar-refractivity contribution in [3.05, 3.63) is 47.5 Å². The summed E-state index contributed by atoms with van der Waals surface area (Å²) >= 11 is 0. The Bertz CT molecular complexity index is 921.